The molecule has 2 aliphatic rings. The summed E-state index contributed by atoms with van der Waals surface area (Å²) in [6.45, 7) is 2.53. The highest BCUT2D eigenvalue weighted by Gasteiger charge is 2.26. The number of urea groups is 1. The maximum Gasteiger partial charge on any atom is 0.321 e. The predicted octanol–water partition coefficient (Wildman–Crippen LogP) is 3.69. The Morgan fingerprint density at radius 3 is 2.36 bits per heavy atom. The Bertz CT molecular complexity index is 547. The van der Waals surface area contributed by atoms with E-state index >= 15 is 0 Å². The van der Waals surface area contributed by atoms with Crippen molar-refractivity contribution in [3.05, 3.63) is 24.3 Å². The lowest BCUT2D eigenvalue weighted by molar-refractivity contribution is 0.139. The van der Waals surface area contributed by atoms with Crippen LogP contribution in [0.15, 0.2) is 24.3 Å². The molecule has 0 unspecified atom stereocenters. The fourth-order valence-corrected chi connectivity index (χ4v) is 4.00. The van der Waals surface area contributed by atoms with Gasteiger partial charge >= 0.3 is 6.03 Å². The smallest absolute Gasteiger partial charge is 0.321 e. The molecule has 0 radical (unpaired) electrons. The summed E-state index contributed by atoms with van der Waals surface area (Å²) >= 11 is 0. The number of aliphatic hydroxyl groups excluding tert-OH is 1. The molecular weight excluding hydrogens is 314 g/mol. The third-order valence-electron chi connectivity index (χ3n) is 5.78. The lowest BCUT2D eigenvalue weighted by atomic mass is 9.86. The molecule has 0 aromatic heterocycles. The number of aliphatic hydroxyl groups is 1. The van der Waals surface area contributed by atoms with E-state index in [9.17, 15) is 9.90 Å². The Morgan fingerprint density at radius 1 is 1.12 bits per heavy atom. The number of hydrogen-bond acceptors (Lipinski definition) is 3. The van der Waals surface area contributed by atoms with Crippen molar-refractivity contribution in [1.29, 1.82) is 0 Å². The van der Waals surface area contributed by atoms with Crippen LogP contribution in [0.5, 0.6) is 0 Å². The summed E-state index contributed by atoms with van der Waals surface area (Å²) in [4.78, 5) is 16.7. The minimum absolute atomic E-state index is 0.0434. The summed E-state index contributed by atoms with van der Waals surface area (Å²) in [5, 5.41) is 12.3. The number of piperidine rings is 1. The Hall–Kier alpha value is -1.75. The highest BCUT2D eigenvalue weighted by molar-refractivity contribution is 5.89. The molecule has 25 heavy (non-hydrogen) atoms. The van der Waals surface area contributed by atoms with Crippen molar-refractivity contribution in [1.82, 2.24) is 4.90 Å². The molecule has 5 nitrogen and oxygen atoms in total. The number of carbonyl (C=O) groups excluding carboxylic acids is 1. The molecule has 3 rings (SSSR count). The first-order valence-corrected chi connectivity index (χ1v) is 9.67. The van der Waals surface area contributed by atoms with E-state index in [-0.39, 0.29) is 18.7 Å². The number of benzene rings is 1. The van der Waals surface area contributed by atoms with Crippen LogP contribution in [0.3, 0.4) is 0 Å². The zero-order valence-corrected chi connectivity index (χ0v) is 15.3. The molecule has 1 aliphatic heterocycles. The fourth-order valence-electron chi connectivity index (χ4n) is 4.00. The summed E-state index contributed by atoms with van der Waals surface area (Å²) in [6, 6.07) is 8.44. The van der Waals surface area contributed by atoms with Crippen LogP contribution < -0.4 is 10.2 Å². The lowest BCUT2D eigenvalue weighted by Gasteiger charge is -2.34. The van der Waals surface area contributed by atoms with E-state index < -0.39 is 0 Å². The number of carbonyl (C=O) groups is 1. The molecule has 1 aromatic carbocycles. The van der Waals surface area contributed by atoms with Crippen LogP contribution in [-0.2, 0) is 0 Å². The van der Waals surface area contributed by atoms with Crippen molar-refractivity contribution in [2.24, 2.45) is 5.92 Å². The summed E-state index contributed by atoms with van der Waals surface area (Å²) in [6.07, 6.45) is 7.82. The van der Waals surface area contributed by atoms with E-state index in [2.05, 4.69) is 22.3 Å². The number of nitrogens with one attached hydrogen (secondary N) is 1. The first-order valence-electron chi connectivity index (χ1n) is 9.67. The summed E-state index contributed by atoms with van der Waals surface area (Å²) in [5.74, 6) is 0.412. The molecule has 2 fully saturated rings. The second-order valence-electron chi connectivity index (χ2n) is 7.49. The summed E-state index contributed by atoms with van der Waals surface area (Å²) in [5.41, 5.74) is 2.09. The van der Waals surface area contributed by atoms with Crippen LogP contribution in [0.1, 0.15) is 44.9 Å². The largest absolute Gasteiger partial charge is 0.396 e. The molecule has 1 saturated heterocycles. The van der Waals surface area contributed by atoms with E-state index in [1.54, 1.807) is 0 Å². The van der Waals surface area contributed by atoms with Gasteiger partial charge in [-0.05, 0) is 75.1 Å². The Balaban J connectivity index is 1.52. The van der Waals surface area contributed by atoms with Gasteiger partial charge in [0, 0.05) is 44.2 Å². The fraction of sp³-hybridized carbons (Fsp3) is 0.650. The van der Waals surface area contributed by atoms with Crippen LogP contribution >= 0.6 is 0 Å². The zero-order valence-electron chi connectivity index (χ0n) is 15.3. The summed E-state index contributed by atoms with van der Waals surface area (Å²) < 4.78 is 0. The highest BCUT2D eigenvalue weighted by atomic mass is 16.3. The molecule has 0 bridgehead atoms. The number of nitrogens with zero attached hydrogens (tertiary/aromatic N) is 2. The Labute approximate surface area is 151 Å². The van der Waals surface area contributed by atoms with Crippen LogP contribution in [0.4, 0.5) is 16.2 Å². The van der Waals surface area contributed by atoms with Gasteiger partial charge in [0.05, 0.1) is 0 Å². The minimum Gasteiger partial charge on any atom is -0.396 e. The minimum atomic E-state index is -0.0434. The van der Waals surface area contributed by atoms with Crippen molar-refractivity contribution in [2.45, 2.75) is 51.0 Å². The second kappa shape index (κ2) is 8.56. The van der Waals surface area contributed by atoms with E-state index in [1.165, 1.54) is 24.9 Å². The zero-order chi connectivity index (χ0) is 17.6. The average molecular weight is 345 g/mol. The van der Waals surface area contributed by atoms with Crippen molar-refractivity contribution >= 4 is 17.4 Å². The highest BCUT2D eigenvalue weighted by Crippen LogP contribution is 2.27. The van der Waals surface area contributed by atoms with Gasteiger partial charge in [-0.15, -0.1) is 0 Å². The maximum absolute atomic E-state index is 12.5. The van der Waals surface area contributed by atoms with Crippen molar-refractivity contribution < 1.29 is 9.90 Å². The Morgan fingerprint density at radius 2 is 1.76 bits per heavy atom. The van der Waals surface area contributed by atoms with Crippen LogP contribution in [-0.4, -0.2) is 48.8 Å². The normalized spacial score (nSPS) is 24.0. The maximum atomic E-state index is 12.5. The topological polar surface area (TPSA) is 55.8 Å². The molecular formula is C20H31N3O2. The lowest BCUT2D eigenvalue weighted by Crippen LogP contribution is -2.42. The molecule has 2 N–H and O–H groups in total. The van der Waals surface area contributed by atoms with E-state index in [4.69, 9.17) is 0 Å². The molecule has 1 aromatic rings. The predicted molar refractivity (Wildman–Crippen MR) is 102 cm³/mol. The van der Waals surface area contributed by atoms with Gasteiger partial charge in [-0.3, -0.25) is 0 Å². The Kier molecular flexibility index (Phi) is 6.19. The third-order valence-corrected chi connectivity index (χ3v) is 5.78. The molecule has 1 saturated carbocycles. The molecule has 138 valence electrons. The van der Waals surface area contributed by atoms with Gasteiger partial charge in [0.25, 0.3) is 0 Å². The number of amides is 2. The van der Waals surface area contributed by atoms with E-state index in [0.29, 0.717) is 5.92 Å². The standard InChI is InChI=1S/C20H31N3O2/c1-22(18-9-5-16(15-24)6-10-18)20(25)21-17-7-11-19(12-8-17)23-13-3-2-4-14-23/h7-8,11-12,16,18,24H,2-6,9-10,13-15H2,1H3,(H,21,25). The molecule has 2 amide bonds. The SMILES string of the molecule is CN(C(=O)Nc1ccc(N2CCCCC2)cc1)C1CCC(CO)CC1. The summed E-state index contributed by atoms with van der Waals surface area (Å²) in [7, 11) is 1.88. The molecule has 1 aliphatic carbocycles. The molecule has 0 spiro atoms. The van der Waals surface area contributed by atoms with Gasteiger partial charge in [-0.1, -0.05) is 0 Å². The monoisotopic (exact) mass is 345 g/mol. The van der Waals surface area contributed by atoms with Crippen molar-refractivity contribution in [3.63, 3.8) is 0 Å². The van der Waals surface area contributed by atoms with Gasteiger partial charge in [-0.2, -0.15) is 0 Å². The van der Waals surface area contributed by atoms with Crippen molar-refractivity contribution in [3.8, 4) is 0 Å². The third kappa shape index (κ3) is 4.66. The van der Waals surface area contributed by atoms with Crippen molar-refractivity contribution in [2.75, 3.05) is 37.0 Å². The van der Waals surface area contributed by atoms with Gasteiger partial charge < -0.3 is 20.2 Å². The van der Waals surface area contributed by atoms with E-state index in [0.717, 1.165) is 44.5 Å². The molecule has 1 heterocycles. The van der Waals surface area contributed by atoms with E-state index in [1.807, 2.05) is 24.1 Å². The van der Waals surface area contributed by atoms with Crippen LogP contribution in [0.2, 0.25) is 0 Å². The quantitative estimate of drug-likeness (QED) is 0.875. The van der Waals surface area contributed by atoms with Gasteiger partial charge in [-0.25, -0.2) is 4.79 Å². The average Bonchev–Trinajstić information content (AvgIpc) is 2.68. The number of hydrogen-bond donors (Lipinski definition) is 2. The number of anilines is 2. The van der Waals surface area contributed by atoms with Crippen LogP contribution in [0, 0.1) is 5.92 Å². The molecule has 0 atom stereocenters. The van der Waals surface area contributed by atoms with Gasteiger partial charge in [0.2, 0.25) is 0 Å². The van der Waals surface area contributed by atoms with Gasteiger partial charge in [0.1, 0.15) is 0 Å². The first-order chi connectivity index (χ1) is 12.2. The van der Waals surface area contributed by atoms with Gasteiger partial charge in [0.15, 0.2) is 0 Å². The second-order valence-corrected chi connectivity index (χ2v) is 7.49. The number of rotatable bonds is 4. The van der Waals surface area contributed by atoms with Crippen LogP contribution in [0.25, 0.3) is 0 Å². The first kappa shape index (κ1) is 18.1. The molecule has 5 heteroatoms.